The Hall–Kier alpha value is -1.18. The molecule has 1 N–H and O–H groups in total. The molecule has 1 nitrogen and oxygen atoms in total. The third-order valence-corrected chi connectivity index (χ3v) is 2.25. The van der Waals surface area contributed by atoms with Gasteiger partial charge in [-0.25, -0.2) is 0 Å². The van der Waals surface area contributed by atoms with Crippen LogP contribution in [0, 0.1) is 11.8 Å². The van der Waals surface area contributed by atoms with Gasteiger partial charge in [0.15, 0.2) is 0 Å². The molecule has 0 spiro atoms. The van der Waals surface area contributed by atoms with Gasteiger partial charge in [-0.05, 0) is 25.2 Å². The van der Waals surface area contributed by atoms with Gasteiger partial charge in [-0.1, -0.05) is 23.4 Å². The largest absolute Gasteiger partial charge is 0.417 e. The van der Waals surface area contributed by atoms with Crippen molar-refractivity contribution < 1.29 is 13.2 Å². The van der Waals surface area contributed by atoms with Crippen molar-refractivity contribution in [2.45, 2.75) is 12.6 Å². The molecule has 0 aliphatic rings. The summed E-state index contributed by atoms with van der Waals surface area (Å²) in [6.45, 7) is 0.641. The van der Waals surface area contributed by atoms with E-state index >= 15 is 0 Å². The zero-order valence-electron chi connectivity index (χ0n) is 9.16. The lowest BCUT2D eigenvalue weighted by atomic mass is 10.1. The summed E-state index contributed by atoms with van der Waals surface area (Å²) in [5, 5.41) is 2.92. The number of benzene rings is 1. The number of halogens is 4. The number of hydrogen-bond acceptors (Lipinski definition) is 1. The van der Waals surface area contributed by atoms with Gasteiger partial charge in [0.2, 0.25) is 0 Å². The fourth-order valence-corrected chi connectivity index (χ4v) is 1.38. The van der Waals surface area contributed by atoms with E-state index in [1.165, 1.54) is 12.1 Å². The highest BCUT2D eigenvalue weighted by molar-refractivity contribution is 6.30. The first kappa shape index (κ1) is 13.9. The van der Waals surface area contributed by atoms with Gasteiger partial charge < -0.3 is 5.32 Å². The van der Waals surface area contributed by atoms with Crippen LogP contribution in [0.1, 0.15) is 17.5 Å². The maximum Gasteiger partial charge on any atom is 0.417 e. The van der Waals surface area contributed by atoms with Crippen LogP contribution in [0.4, 0.5) is 13.2 Å². The van der Waals surface area contributed by atoms with Gasteiger partial charge in [0.1, 0.15) is 0 Å². The van der Waals surface area contributed by atoms with E-state index in [2.05, 4.69) is 17.2 Å². The highest BCUT2D eigenvalue weighted by Crippen LogP contribution is 2.33. The third kappa shape index (κ3) is 4.29. The van der Waals surface area contributed by atoms with E-state index in [4.69, 9.17) is 11.6 Å². The average molecular weight is 262 g/mol. The van der Waals surface area contributed by atoms with Crippen LogP contribution >= 0.6 is 11.6 Å². The summed E-state index contributed by atoms with van der Waals surface area (Å²) in [7, 11) is 1.76. The van der Waals surface area contributed by atoms with Gasteiger partial charge in [-0.2, -0.15) is 13.2 Å². The van der Waals surface area contributed by atoms with Crippen LogP contribution in [-0.4, -0.2) is 13.6 Å². The second-order valence-electron chi connectivity index (χ2n) is 3.34. The minimum absolute atomic E-state index is 0.0435. The van der Waals surface area contributed by atoms with Crippen LogP contribution in [0.5, 0.6) is 0 Å². The van der Waals surface area contributed by atoms with E-state index in [-0.39, 0.29) is 10.6 Å². The molecule has 0 fully saturated rings. The molecule has 0 unspecified atom stereocenters. The number of nitrogens with one attached hydrogen (secondary N) is 1. The van der Waals surface area contributed by atoms with E-state index in [1.807, 2.05) is 0 Å². The van der Waals surface area contributed by atoms with Gasteiger partial charge >= 0.3 is 6.18 Å². The third-order valence-electron chi connectivity index (χ3n) is 2.01. The molecule has 0 atom stereocenters. The van der Waals surface area contributed by atoms with Crippen molar-refractivity contribution >= 4 is 11.6 Å². The van der Waals surface area contributed by atoms with Crippen LogP contribution < -0.4 is 5.32 Å². The van der Waals surface area contributed by atoms with Crippen LogP contribution in [0.25, 0.3) is 0 Å². The maximum absolute atomic E-state index is 12.7. The topological polar surface area (TPSA) is 12.0 Å². The first-order valence-corrected chi connectivity index (χ1v) is 5.33. The van der Waals surface area contributed by atoms with Crippen molar-refractivity contribution in [3.8, 4) is 11.8 Å². The Morgan fingerprint density at radius 1 is 1.35 bits per heavy atom. The van der Waals surface area contributed by atoms with Gasteiger partial charge in [-0.15, -0.1) is 0 Å². The first-order valence-electron chi connectivity index (χ1n) is 4.95. The van der Waals surface area contributed by atoms with Crippen molar-refractivity contribution in [2.75, 3.05) is 13.6 Å². The Balaban J connectivity index is 3.02. The van der Waals surface area contributed by atoms with Gasteiger partial charge in [0, 0.05) is 23.6 Å². The normalized spacial score (nSPS) is 10.9. The molecule has 0 aliphatic carbocycles. The fourth-order valence-electron chi connectivity index (χ4n) is 1.21. The molecule has 17 heavy (non-hydrogen) atoms. The molecule has 1 rings (SSSR count). The molecule has 0 amide bonds. The lowest BCUT2D eigenvalue weighted by molar-refractivity contribution is -0.137. The minimum atomic E-state index is -4.43. The van der Waals surface area contributed by atoms with Gasteiger partial charge in [0.05, 0.1) is 5.56 Å². The molecular formula is C12H11ClF3N. The van der Waals surface area contributed by atoms with Crippen LogP contribution in [0.2, 0.25) is 5.02 Å². The predicted molar refractivity (Wildman–Crippen MR) is 61.9 cm³/mol. The van der Waals surface area contributed by atoms with E-state index in [0.29, 0.717) is 13.0 Å². The summed E-state index contributed by atoms with van der Waals surface area (Å²) in [4.78, 5) is 0. The van der Waals surface area contributed by atoms with E-state index in [9.17, 15) is 13.2 Å². The first-order chi connectivity index (χ1) is 7.95. The molecule has 0 radical (unpaired) electrons. The Labute approximate surface area is 103 Å². The molecule has 0 saturated carbocycles. The molecule has 0 aromatic heterocycles. The molecular weight excluding hydrogens is 251 g/mol. The Kier molecular flexibility index (Phi) is 4.86. The van der Waals surface area contributed by atoms with Crippen molar-refractivity contribution in [3.63, 3.8) is 0 Å². The van der Waals surface area contributed by atoms with Crippen molar-refractivity contribution in [2.24, 2.45) is 0 Å². The fraction of sp³-hybridized carbons (Fsp3) is 0.333. The quantitative estimate of drug-likeness (QED) is 0.636. The molecule has 92 valence electrons. The summed E-state index contributed by atoms with van der Waals surface area (Å²) >= 11 is 5.55. The number of hydrogen-bond donors (Lipinski definition) is 1. The lowest BCUT2D eigenvalue weighted by Gasteiger charge is -2.09. The van der Waals surface area contributed by atoms with Crippen LogP contribution in [-0.2, 0) is 6.18 Å². The molecule has 0 saturated heterocycles. The Bertz CT molecular complexity index is 443. The standard InChI is InChI=1S/C12H11ClF3N/c1-17-7-3-2-4-9-5-6-10(13)8-11(9)12(14,15)16/h5-6,8,17H,3,7H2,1H3. The molecule has 1 aromatic carbocycles. The summed E-state index contributed by atoms with van der Waals surface area (Å²) in [5.74, 6) is 5.19. The van der Waals surface area contributed by atoms with Crippen molar-refractivity contribution in [1.29, 1.82) is 0 Å². The zero-order valence-corrected chi connectivity index (χ0v) is 9.91. The van der Waals surface area contributed by atoms with Crippen LogP contribution in [0.15, 0.2) is 18.2 Å². The number of alkyl halides is 3. The molecule has 0 heterocycles. The number of rotatable bonds is 2. The molecule has 1 aromatic rings. The smallest absolute Gasteiger partial charge is 0.319 e. The summed E-state index contributed by atoms with van der Waals surface area (Å²) in [6.07, 6.45) is -3.94. The zero-order chi connectivity index (χ0) is 12.9. The second kappa shape index (κ2) is 5.95. The van der Waals surface area contributed by atoms with E-state index in [1.54, 1.807) is 7.05 Å². The molecule has 0 aliphatic heterocycles. The second-order valence-corrected chi connectivity index (χ2v) is 3.78. The average Bonchev–Trinajstić information content (AvgIpc) is 2.25. The molecule has 5 heteroatoms. The summed E-state index contributed by atoms with van der Waals surface area (Å²) in [5.41, 5.74) is -0.833. The van der Waals surface area contributed by atoms with Crippen LogP contribution in [0.3, 0.4) is 0 Å². The summed E-state index contributed by atoms with van der Waals surface area (Å²) < 4.78 is 38.0. The Morgan fingerprint density at radius 3 is 2.65 bits per heavy atom. The predicted octanol–water partition coefficient (Wildman–Crippen LogP) is 3.32. The van der Waals surface area contributed by atoms with Crippen molar-refractivity contribution in [3.05, 3.63) is 34.3 Å². The summed E-state index contributed by atoms with van der Waals surface area (Å²) in [6, 6.07) is 3.58. The lowest BCUT2D eigenvalue weighted by Crippen LogP contribution is -2.08. The van der Waals surface area contributed by atoms with E-state index < -0.39 is 11.7 Å². The molecule has 0 bridgehead atoms. The highest BCUT2D eigenvalue weighted by Gasteiger charge is 2.33. The maximum atomic E-state index is 12.7. The highest BCUT2D eigenvalue weighted by atomic mass is 35.5. The minimum Gasteiger partial charge on any atom is -0.319 e. The van der Waals surface area contributed by atoms with E-state index in [0.717, 1.165) is 6.07 Å². The SMILES string of the molecule is CNCCC#Cc1ccc(Cl)cc1C(F)(F)F. The Morgan fingerprint density at radius 2 is 2.06 bits per heavy atom. The monoisotopic (exact) mass is 261 g/mol. The van der Waals surface area contributed by atoms with Crippen molar-refractivity contribution in [1.82, 2.24) is 5.32 Å². The van der Waals surface area contributed by atoms with Gasteiger partial charge in [-0.3, -0.25) is 0 Å². The van der Waals surface area contributed by atoms with Gasteiger partial charge in [0.25, 0.3) is 0 Å².